The van der Waals surface area contributed by atoms with E-state index in [1.807, 2.05) is 31.2 Å². The summed E-state index contributed by atoms with van der Waals surface area (Å²) in [5, 5.41) is 10.5. The SMILES string of the molecule is Cc1ccccc1-c1nnc(SCC(=O)Nc2cccc(C(F)(F)F)c2)o1. The topological polar surface area (TPSA) is 68.0 Å². The van der Waals surface area contributed by atoms with E-state index in [0.29, 0.717) is 5.89 Å². The molecule has 0 bridgehead atoms. The monoisotopic (exact) mass is 393 g/mol. The van der Waals surface area contributed by atoms with E-state index < -0.39 is 17.6 Å². The molecule has 5 nitrogen and oxygen atoms in total. The van der Waals surface area contributed by atoms with Gasteiger partial charge < -0.3 is 9.73 Å². The zero-order valence-corrected chi connectivity index (χ0v) is 14.9. The van der Waals surface area contributed by atoms with Crippen LogP contribution >= 0.6 is 11.8 Å². The molecule has 3 aromatic rings. The van der Waals surface area contributed by atoms with Crippen molar-refractivity contribution in [1.82, 2.24) is 10.2 Å². The lowest BCUT2D eigenvalue weighted by molar-refractivity contribution is -0.137. The molecule has 140 valence electrons. The molecule has 1 N–H and O–H groups in total. The number of nitrogens with zero attached hydrogens (tertiary/aromatic N) is 2. The average molecular weight is 393 g/mol. The molecular weight excluding hydrogens is 379 g/mol. The molecule has 1 aromatic heterocycles. The number of anilines is 1. The fourth-order valence-electron chi connectivity index (χ4n) is 2.29. The second-order valence-corrected chi connectivity index (χ2v) is 6.53. The van der Waals surface area contributed by atoms with Crippen LogP contribution in [0.15, 0.2) is 58.2 Å². The molecule has 0 unspecified atom stereocenters. The second-order valence-electron chi connectivity index (χ2n) is 5.60. The average Bonchev–Trinajstić information content (AvgIpc) is 3.09. The summed E-state index contributed by atoms with van der Waals surface area (Å²) < 4.78 is 43.6. The lowest BCUT2D eigenvalue weighted by Gasteiger charge is -2.09. The van der Waals surface area contributed by atoms with E-state index in [0.717, 1.165) is 35.0 Å². The van der Waals surface area contributed by atoms with E-state index in [4.69, 9.17) is 4.42 Å². The third-order valence-electron chi connectivity index (χ3n) is 3.58. The Bertz CT molecular complexity index is 957. The van der Waals surface area contributed by atoms with E-state index in [1.165, 1.54) is 12.1 Å². The number of halogens is 3. The predicted octanol–water partition coefficient (Wildman–Crippen LogP) is 4.79. The quantitative estimate of drug-likeness (QED) is 0.631. The van der Waals surface area contributed by atoms with Crippen LogP contribution in [0.2, 0.25) is 0 Å². The molecular formula is C18H14F3N3O2S. The molecule has 2 aromatic carbocycles. The van der Waals surface area contributed by atoms with Crippen molar-refractivity contribution in [3.05, 3.63) is 59.7 Å². The van der Waals surface area contributed by atoms with Crippen LogP contribution in [0, 0.1) is 6.92 Å². The summed E-state index contributed by atoms with van der Waals surface area (Å²) in [7, 11) is 0. The van der Waals surface area contributed by atoms with Gasteiger partial charge in [0, 0.05) is 11.3 Å². The highest BCUT2D eigenvalue weighted by Gasteiger charge is 2.30. The Morgan fingerprint density at radius 3 is 2.67 bits per heavy atom. The van der Waals surface area contributed by atoms with Crippen LogP contribution in [-0.4, -0.2) is 21.9 Å². The zero-order valence-electron chi connectivity index (χ0n) is 14.1. The van der Waals surface area contributed by atoms with Crippen LogP contribution in [0.4, 0.5) is 18.9 Å². The summed E-state index contributed by atoms with van der Waals surface area (Å²) in [5.74, 6) is -0.213. The molecule has 0 saturated carbocycles. The van der Waals surface area contributed by atoms with Crippen LogP contribution in [0.3, 0.4) is 0 Å². The third kappa shape index (κ3) is 4.88. The molecule has 0 aliphatic heterocycles. The van der Waals surface area contributed by atoms with Crippen molar-refractivity contribution in [2.24, 2.45) is 0 Å². The Labute approximate surface area is 157 Å². The minimum atomic E-state index is -4.47. The number of thioether (sulfide) groups is 1. The number of aryl methyl sites for hydroxylation is 1. The van der Waals surface area contributed by atoms with Crippen molar-refractivity contribution in [3.8, 4) is 11.5 Å². The number of nitrogens with one attached hydrogen (secondary N) is 1. The number of hydrogen-bond donors (Lipinski definition) is 1. The number of aromatic nitrogens is 2. The molecule has 1 heterocycles. The van der Waals surface area contributed by atoms with E-state index in [9.17, 15) is 18.0 Å². The number of alkyl halides is 3. The molecule has 27 heavy (non-hydrogen) atoms. The van der Waals surface area contributed by atoms with Gasteiger partial charge in [0.2, 0.25) is 11.8 Å². The Morgan fingerprint density at radius 1 is 1.15 bits per heavy atom. The molecule has 0 radical (unpaired) electrons. The minimum absolute atomic E-state index is 0.0709. The van der Waals surface area contributed by atoms with Gasteiger partial charge in [-0.2, -0.15) is 13.2 Å². The maximum Gasteiger partial charge on any atom is 0.416 e. The first-order valence-corrected chi connectivity index (χ1v) is 8.81. The summed E-state index contributed by atoms with van der Waals surface area (Å²) in [6.45, 7) is 1.91. The van der Waals surface area contributed by atoms with Crippen molar-refractivity contribution in [2.45, 2.75) is 18.3 Å². The maximum atomic E-state index is 12.7. The molecule has 0 aliphatic carbocycles. The third-order valence-corrected chi connectivity index (χ3v) is 4.40. The molecule has 0 spiro atoms. The number of rotatable bonds is 5. The van der Waals surface area contributed by atoms with E-state index in [-0.39, 0.29) is 16.7 Å². The number of hydrogen-bond acceptors (Lipinski definition) is 5. The second kappa shape index (κ2) is 7.83. The van der Waals surface area contributed by atoms with Gasteiger partial charge in [-0.3, -0.25) is 4.79 Å². The van der Waals surface area contributed by atoms with E-state index in [1.54, 1.807) is 0 Å². The molecule has 0 atom stereocenters. The first kappa shape index (κ1) is 19.0. The van der Waals surface area contributed by atoms with Crippen LogP contribution in [0.25, 0.3) is 11.5 Å². The van der Waals surface area contributed by atoms with Crippen LogP contribution in [-0.2, 0) is 11.0 Å². The maximum absolute atomic E-state index is 12.7. The highest BCUT2D eigenvalue weighted by molar-refractivity contribution is 7.99. The highest BCUT2D eigenvalue weighted by Crippen LogP contribution is 2.31. The van der Waals surface area contributed by atoms with Crippen molar-refractivity contribution < 1.29 is 22.4 Å². The van der Waals surface area contributed by atoms with Crippen LogP contribution in [0.1, 0.15) is 11.1 Å². The summed E-state index contributed by atoms with van der Waals surface area (Å²) >= 11 is 1.00. The zero-order chi connectivity index (χ0) is 19.4. The molecule has 9 heteroatoms. The van der Waals surface area contributed by atoms with Gasteiger partial charge in [0.1, 0.15) is 0 Å². The molecule has 0 aliphatic rings. The lowest BCUT2D eigenvalue weighted by atomic mass is 10.1. The van der Waals surface area contributed by atoms with Gasteiger partial charge in [-0.15, -0.1) is 10.2 Å². The molecule has 0 fully saturated rings. The first-order valence-electron chi connectivity index (χ1n) is 7.82. The number of carbonyl (C=O) groups excluding carboxylic acids is 1. The Morgan fingerprint density at radius 2 is 1.93 bits per heavy atom. The van der Waals surface area contributed by atoms with Gasteiger partial charge in [-0.25, -0.2) is 0 Å². The molecule has 1 amide bonds. The normalized spacial score (nSPS) is 11.4. The van der Waals surface area contributed by atoms with Gasteiger partial charge in [0.25, 0.3) is 5.22 Å². The lowest BCUT2D eigenvalue weighted by Crippen LogP contribution is -2.15. The summed E-state index contributed by atoms with van der Waals surface area (Å²) in [6, 6.07) is 11.9. The Balaban J connectivity index is 1.60. The minimum Gasteiger partial charge on any atom is -0.411 e. The summed E-state index contributed by atoms with van der Waals surface area (Å²) in [6.07, 6.45) is -4.47. The van der Waals surface area contributed by atoms with Gasteiger partial charge in [0.05, 0.1) is 11.3 Å². The van der Waals surface area contributed by atoms with Gasteiger partial charge in [-0.1, -0.05) is 36.0 Å². The van der Waals surface area contributed by atoms with Crippen molar-refractivity contribution in [3.63, 3.8) is 0 Å². The molecule has 3 rings (SSSR count). The van der Waals surface area contributed by atoms with Gasteiger partial charge in [-0.05, 0) is 36.8 Å². The largest absolute Gasteiger partial charge is 0.416 e. The first-order chi connectivity index (χ1) is 12.8. The summed E-state index contributed by atoms with van der Waals surface area (Å²) in [4.78, 5) is 12.0. The van der Waals surface area contributed by atoms with Gasteiger partial charge >= 0.3 is 6.18 Å². The smallest absolute Gasteiger partial charge is 0.411 e. The number of carbonyl (C=O) groups is 1. The van der Waals surface area contributed by atoms with Crippen molar-refractivity contribution in [1.29, 1.82) is 0 Å². The standard InChI is InChI=1S/C18H14F3N3O2S/c1-11-5-2-3-8-14(11)16-23-24-17(26-16)27-10-15(25)22-13-7-4-6-12(9-13)18(19,20)21/h2-9H,10H2,1H3,(H,22,25). The van der Waals surface area contributed by atoms with E-state index >= 15 is 0 Å². The highest BCUT2D eigenvalue weighted by atomic mass is 32.2. The van der Waals surface area contributed by atoms with Gasteiger partial charge in [0.15, 0.2) is 0 Å². The van der Waals surface area contributed by atoms with Crippen LogP contribution in [0.5, 0.6) is 0 Å². The fraction of sp³-hybridized carbons (Fsp3) is 0.167. The Kier molecular flexibility index (Phi) is 5.50. The van der Waals surface area contributed by atoms with Crippen molar-refractivity contribution >= 4 is 23.4 Å². The fourth-order valence-corrected chi connectivity index (χ4v) is 2.85. The number of amides is 1. The number of benzene rings is 2. The van der Waals surface area contributed by atoms with Crippen LogP contribution < -0.4 is 5.32 Å². The molecule has 0 saturated heterocycles. The van der Waals surface area contributed by atoms with E-state index in [2.05, 4.69) is 15.5 Å². The summed E-state index contributed by atoms with van der Waals surface area (Å²) in [5.41, 5.74) is 1.01. The predicted molar refractivity (Wildman–Crippen MR) is 95.3 cm³/mol. The Hall–Kier alpha value is -2.81. The van der Waals surface area contributed by atoms with Crippen molar-refractivity contribution in [2.75, 3.05) is 11.1 Å².